The highest BCUT2D eigenvalue weighted by molar-refractivity contribution is 9.11. The summed E-state index contributed by atoms with van der Waals surface area (Å²) in [4.78, 5) is 26.4. The molecule has 4 nitrogen and oxygen atoms in total. The second-order valence-electron chi connectivity index (χ2n) is 4.47. The van der Waals surface area contributed by atoms with Gasteiger partial charge in [0.1, 0.15) is 6.04 Å². The number of amides is 2. The van der Waals surface area contributed by atoms with Crippen LogP contribution in [0.1, 0.15) is 24.1 Å². The third kappa shape index (κ3) is 2.75. The maximum atomic E-state index is 12.1. The summed E-state index contributed by atoms with van der Waals surface area (Å²) in [6.07, 6.45) is 0.696. The van der Waals surface area contributed by atoms with Crippen molar-refractivity contribution in [3.63, 3.8) is 0 Å². The van der Waals surface area contributed by atoms with E-state index < -0.39 is 0 Å². The van der Waals surface area contributed by atoms with E-state index in [1.165, 1.54) is 0 Å². The molecule has 2 heterocycles. The number of likely N-dealkylation sites (N-methyl/N-ethyl adjacent to an activating group) is 1. The fourth-order valence-electron chi connectivity index (χ4n) is 1.94. The van der Waals surface area contributed by atoms with E-state index in [4.69, 9.17) is 0 Å². The maximum absolute atomic E-state index is 12.1. The van der Waals surface area contributed by atoms with Gasteiger partial charge in [-0.25, -0.2) is 0 Å². The highest BCUT2D eigenvalue weighted by Crippen LogP contribution is 2.28. The van der Waals surface area contributed by atoms with Gasteiger partial charge in [0.05, 0.1) is 9.70 Å². The van der Waals surface area contributed by atoms with Crippen LogP contribution in [0.4, 0.5) is 0 Å². The zero-order valence-corrected chi connectivity index (χ0v) is 12.7. The number of rotatable bonds is 3. The maximum Gasteiger partial charge on any atom is 0.244 e. The molecule has 2 rings (SSSR count). The molecule has 1 N–H and O–H groups in total. The van der Waals surface area contributed by atoms with Gasteiger partial charge < -0.3 is 10.2 Å². The molecular formula is C12H15BrN2O2S. The molecule has 1 saturated heterocycles. The Labute approximate surface area is 118 Å². The van der Waals surface area contributed by atoms with E-state index in [1.54, 1.807) is 23.3 Å². The molecule has 0 radical (unpaired) electrons. The van der Waals surface area contributed by atoms with Crippen molar-refractivity contribution in [1.82, 2.24) is 10.2 Å². The largest absolute Gasteiger partial charge is 0.344 e. The third-order valence-electron chi connectivity index (χ3n) is 3.16. The van der Waals surface area contributed by atoms with Crippen LogP contribution >= 0.6 is 27.3 Å². The smallest absolute Gasteiger partial charge is 0.244 e. The summed E-state index contributed by atoms with van der Waals surface area (Å²) in [6, 6.07) is 3.51. The van der Waals surface area contributed by atoms with Crippen molar-refractivity contribution in [2.24, 2.45) is 0 Å². The van der Waals surface area contributed by atoms with Crippen LogP contribution in [0.3, 0.4) is 0 Å². The van der Waals surface area contributed by atoms with Gasteiger partial charge in [-0.05, 0) is 41.4 Å². The first kappa shape index (κ1) is 13.5. The molecule has 18 heavy (non-hydrogen) atoms. The summed E-state index contributed by atoms with van der Waals surface area (Å²) in [5.41, 5.74) is 0. The van der Waals surface area contributed by atoms with Crippen molar-refractivity contribution < 1.29 is 9.59 Å². The Bertz CT molecular complexity index is 474. The summed E-state index contributed by atoms with van der Waals surface area (Å²) in [6.45, 7) is 2.57. The van der Waals surface area contributed by atoms with E-state index in [-0.39, 0.29) is 23.8 Å². The number of carbonyl (C=O) groups excluding carboxylic acids is 2. The van der Waals surface area contributed by atoms with Gasteiger partial charge >= 0.3 is 0 Å². The lowest BCUT2D eigenvalue weighted by Crippen LogP contribution is -2.42. The van der Waals surface area contributed by atoms with E-state index in [2.05, 4.69) is 21.2 Å². The van der Waals surface area contributed by atoms with Crippen LogP contribution in [0.5, 0.6) is 0 Å². The molecule has 1 aromatic heterocycles. The number of hydrogen-bond donors (Lipinski definition) is 1. The van der Waals surface area contributed by atoms with Crippen LogP contribution in [0.15, 0.2) is 15.9 Å². The normalized spacial score (nSPS) is 21.2. The quantitative estimate of drug-likeness (QED) is 0.921. The molecule has 6 heteroatoms. The molecular weight excluding hydrogens is 316 g/mol. The number of thiophene rings is 1. The summed E-state index contributed by atoms with van der Waals surface area (Å²) < 4.78 is 1.01. The van der Waals surface area contributed by atoms with Crippen molar-refractivity contribution in [2.75, 3.05) is 13.6 Å². The number of likely N-dealkylation sites (tertiary alicyclic amines) is 1. The molecule has 1 aromatic rings. The Morgan fingerprint density at radius 3 is 2.83 bits per heavy atom. The van der Waals surface area contributed by atoms with Crippen LogP contribution < -0.4 is 5.32 Å². The van der Waals surface area contributed by atoms with Crippen LogP contribution in [0.2, 0.25) is 0 Å². The van der Waals surface area contributed by atoms with Crippen LogP contribution in [0.25, 0.3) is 0 Å². The molecule has 1 aliphatic rings. The molecule has 0 aromatic carbocycles. The molecule has 1 fully saturated rings. The molecule has 1 aliphatic heterocycles. The zero-order valence-electron chi connectivity index (χ0n) is 10.3. The summed E-state index contributed by atoms with van der Waals surface area (Å²) in [5, 5.41) is 2.83. The van der Waals surface area contributed by atoms with Gasteiger partial charge in [0, 0.05) is 18.5 Å². The molecule has 0 bridgehead atoms. The van der Waals surface area contributed by atoms with E-state index in [0.29, 0.717) is 13.0 Å². The number of nitrogens with zero attached hydrogens (tertiary/aromatic N) is 1. The average molecular weight is 331 g/mol. The minimum atomic E-state index is -0.353. The number of nitrogens with one attached hydrogen (secondary N) is 1. The molecule has 98 valence electrons. The van der Waals surface area contributed by atoms with Gasteiger partial charge in [0.2, 0.25) is 11.8 Å². The first-order chi connectivity index (χ1) is 8.49. The fourth-order valence-corrected chi connectivity index (χ4v) is 3.42. The van der Waals surface area contributed by atoms with Crippen molar-refractivity contribution in [1.29, 1.82) is 0 Å². The Balaban J connectivity index is 1.98. The van der Waals surface area contributed by atoms with Gasteiger partial charge in [-0.3, -0.25) is 9.59 Å². The molecule has 2 amide bonds. The lowest BCUT2D eigenvalue weighted by molar-refractivity contribution is -0.132. The standard InChI is InChI=1S/C12H15BrN2O2S/c1-7(9-3-4-10(13)18-9)11(16)14-8-5-6-15(2)12(8)17/h3-4,7-8H,5-6H2,1-2H3,(H,14,16). The average Bonchev–Trinajstić information content (AvgIpc) is 2.89. The van der Waals surface area contributed by atoms with Crippen molar-refractivity contribution in [3.05, 3.63) is 20.8 Å². The molecule has 0 saturated carbocycles. The SMILES string of the molecule is CC(C(=O)NC1CCN(C)C1=O)c1ccc(Br)s1. The van der Waals surface area contributed by atoms with Gasteiger partial charge in [-0.2, -0.15) is 0 Å². The van der Waals surface area contributed by atoms with E-state index in [1.807, 2.05) is 19.1 Å². The Morgan fingerprint density at radius 2 is 2.33 bits per heavy atom. The van der Waals surface area contributed by atoms with Gasteiger partial charge in [-0.15, -0.1) is 11.3 Å². The monoisotopic (exact) mass is 330 g/mol. The van der Waals surface area contributed by atoms with Gasteiger partial charge in [-0.1, -0.05) is 0 Å². The van der Waals surface area contributed by atoms with Crippen LogP contribution in [-0.2, 0) is 9.59 Å². The first-order valence-electron chi connectivity index (χ1n) is 5.79. The topological polar surface area (TPSA) is 49.4 Å². The van der Waals surface area contributed by atoms with Crippen molar-refractivity contribution >= 4 is 39.1 Å². The number of carbonyl (C=O) groups is 2. The third-order valence-corrected chi connectivity index (χ3v) is 4.96. The van der Waals surface area contributed by atoms with E-state index in [9.17, 15) is 9.59 Å². The predicted octanol–water partition coefficient (Wildman–Crippen LogP) is 1.96. The number of hydrogen-bond acceptors (Lipinski definition) is 3. The second-order valence-corrected chi connectivity index (χ2v) is 6.97. The van der Waals surface area contributed by atoms with Crippen LogP contribution in [0, 0.1) is 0 Å². The fraction of sp³-hybridized carbons (Fsp3) is 0.500. The summed E-state index contributed by atoms with van der Waals surface area (Å²) in [7, 11) is 1.76. The molecule has 0 spiro atoms. The van der Waals surface area contributed by atoms with E-state index in [0.717, 1.165) is 8.66 Å². The van der Waals surface area contributed by atoms with E-state index >= 15 is 0 Å². The summed E-state index contributed by atoms with van der Waals surface area (Å²) in [5.74, 6) is -0.305. The predicted molar refractivity (Wildman–Crippen MR) is 74.6 cm³/mol. The Hall–Kier alpha value is -0.880. The highest BCUT2D eigenvalue weighted by Gasteiger charge is 2.31. The lowest BCUT2D eigenvalue weighted by Gasteiger charge is -2.15. The van der Waals surface area contributed by atoms with Gasteiger partial charge in [0.25, 0.3) is 0 Å². The first-order valence-corrected chi connectivity index (χ1v) is 7.40. The summed E-state index contributed by atoms with van der Waals surface area (Å²) >= 11 is 4.93. The minimum Gasteiger partial charge on any atom is -0.344 e. The highest BCUT2D eigenvalue weighted by atomic mass is 79.9. The Morgan fingerprint density at radius 1 is 1.61 bits per heavy atom. The van der Waals surface area contributed by atoms with Crippen molar-refractivity contribution in [2.45, 2.75) is 25.3 Å². The molecule has 2 unspecified atom stereocenters. The molecule has 0 aliphatic carbocycles. The van der Waals surface area contributed by atoms with Crippen LogP contribution in [-0.4, -0.2) is 36.3 Å². The second kappa shape index (κ2) is 5.40. The number of halogens is 1. The zero-order chi connectivity index (χ0) is 13.3. The van der Waals surface area contributed by atoms with Crippen molar-refractivity contribution in [3.8, 4) is 0 Å². The lowest BCUT2D eigenvalue weighted by atomic mass is 10.1. The van der Waals surface area contributed by atoms with Gasteiger partial charge in [0.15, 0.2) is 0 Å². The Kier molecular flexibility index (Phi) is 4.07. The minimum absolute atomic E-state index is 0.00269. The molecule has 2 atom stereocenters.